The van der Waals surface area contributed by atoms with Crippen LogP contribution >= 0.6 is 11.6 Å². The third kappa shape index (κ3) is 7.50. The number of hydrogen-bond acceptors (Lipinski definition) is 2. The molecule has 0 amide bonds. The van der Waals surface area contributed by atoms with Crippen LogP contribution in [0.5, 0.6) is 0 Å². The minimum atomic E-state index is -3.56. The Kier molecular flexibility index (Phi) is 7.12. The molecule has 0 unspecified atom stereocenters. The van der Waals surface area contributed by atoms with Gasteiger partial charge in [0, 0.05) is 18.1 Å². The lowest BCUT2D eigenvalue weighted by Gasteiger charge is -2.08. The van der Waals surface area contributed by atoms with Crippen LogP contribution in [0.2, 0.25) is 0 Å². The maximum atomic E-state index is 11.4. The molecular weight excluding hydrogens is 248 g/mol. The summed E-state index contributed by atoms with van der Waals surface area (Å²) in [5, 5.41) is 0. The summed E-state index contributed by atoms with van der Waals surface area (Å²) in [7, 11) is -3.56. The van der Waals surface area contributed by atoms with Gasteiger partial charge in [-0.25, -0.2) is 0 Å². The van der Waals surface area contributed by atoms with Crippen molar-refractivity contribution >= 4 is 21.8 Å². The van der Waals surface area contributed by atoms with Crippen molar-refractivity contribution in [3.8, 4) is 0 Å². The molecule has 0 aromatic carbocycles. The number of alkyl halides is 1. The van der Waals surface area contributed by atoms with Crippen molar-refractivity contribution in [2.45, 2.75) is 13.8 Å². The Morgan fingerprint density at radius 3 is 2.44 bits per heavy atom. The Balaban J connectivity index is 4.61. The van der Waals surface area contributed by atoms with Gasteiger partial charge in [0.25, 0.3) is 10.2 Å². The zero-order valence-electron chi connectivity index (χ0n) is 9.46. The van der Waals surface area contributed by atoms with Gasteiger partial charge in [0.1, 0.15) is 0 Å². The monoisotopic (exact) mass is 264 g/mol. The van der Waals surface area contributed by atoms with Gasteiger partial charge in [0.05, 0.1) is 0 Å². The van der Waals surface area contributed by atoms with Crippen molar-refractivity contribution in [2.24, 2.45) is 0 Å². The van der Waals surface area contributed by atoms with Crippen LogP contribution in [0.1, 0.15) is 13.8 Å². The summed E-state index contributed by atoms with van der Waals surface area (Å²) in [6.07, 6.45) is 4.86. The van der Waals surface area contributed by atoms with Crippen LogP contribution < -0.4 is 9.44 Å². The SMILES string of the molecule is C=C/C(=C\C=C(C)C)NS(=O)(=O)NCCCl. The molecule has 4 nitrogen and oxygen atoms in total. The van der Waals surface area contributed by atoms with Crippen molar-refractivity contribution in [1.82, 2.24) is 9.44 Å². The van der Waals surface area contributed by atoms with Crippen LogP contribution in [0.25, 0.3) is 0 Å². The number of hydrogen-bond donors (Lipinski definition) is 2. The van der Waals surface area contributed by atoms with Crippen molar-refractivity contribution in [3.63, 3.8) is 0 Å². The predicted octanol–water partition coefficient (Wildman–Crippen LogP) is 1.69. The van der Waals surface area contributed by atoms with Crippen molar-refractivity contribution in [3.05, 3.63) is 36.1 Å². The van der Waals surface area contributed by atoms with E-state index in [4.69, 9.17) is 11.6 Å². The lowest BCUT2D eigenvalue weighted by molar-refractivity contribution is 0.577. The highest BCUT2D eigenvalue weighted by atomic mass is 35.5. The molecule has 0 aromatic heterocycles. The molecule has 0 aliphatic carbocycles. The Hall–Kier alpha value is -0.780. The molecule has 0 fully saturated rings. The first kappa shape index (κ1) is 15.2. The first-order chi connectivity index (χ1) is 7.41. The molecule has 0 heterocycles. The second-order valence-electron chi connectivity index (χ2n) is 3.26. The summed E-state index contributed by atoms with van der Waals surface area (Å²) in [6, 6.07) is 0. The van der Waals surface area contributed by atoms with Crippen molar-refractivity contribution in [1.29, 1.82) is 0 Å². The molecular formula is C10H17ClN2O2S. The minimum Gasteiger partial charge on any atom is -0.271 e. The second-order valence-corrected chi connectivity index (χ2v) is 5.14. The van der Waals surface area contributed by atoms with Gasteiger partial charge in [-0.3, -0.25) is 4.72 Å². The smallest absolute Gasteiger partial charge is 0.271 e. The molecule has 6 heteroatoms. The van der Waals surface area contributed by atoms with E-state index in [9.17, 15) is 8.42 Å². The molecule has 2 N–H and O–H groups in total. The predicted molar refractivity (Wildman–Crippen MR) is 68.5 cm³/mol. The van der Waals surface area contributed by atoms with E-state index >= 15 is 0 Å². The fourth-order valence-corrected chi connectivity index (χ4v) is 1.88. The molecule has 0 aromatic rings. The van der Waals surface area contributed by atoms with Gasteiger partial charge >= 0.3 is 0 Å². The Morgan fingerprint density at radius 1 is 1.38 bits per heavy atom. The largest absolute Gasteiger partial charge is 0.299 e. The van der Waals surface area contributed by atoms with Gasteiger partial charge in [0.15, 0.2) is 0 Å². The first-order valence-electron chi connectivity index (χ1n) is 4.72. The van der Waals surface area contributed by atoms with E-state index in [1.165, 1.54) is 6.08 Å². The number of rotatable bonds is 7. The first-order valence-corrected chi connectivity index (χ1v) is 6.74. The lowest BCUT2D eigenvalue weighted by atomic mass is 10.3. The highest BCUT2D eigenvalue weighted by Crippen LogP contribution is 1.97. The van der Waals surface area contributed by atoms with Crippen LogP contribution in [0.15, 0.2) is 36.1 Å². The van der Waals surface area contributed by atoms with E-state index in [1.54, 1.807) is 12.2 Å². The van der Waals surface area contributed by atoms with Gasteiger partial charge in [-0.05, 0) is 26.0 Å². The van der Waals surface area contributed by atoms with Gasteiger partial charge in [0.2, 0.25) is 0 Å². The summed E-state index contributed by atoms with van der Waals surface area (Å²) in [6.45, 7) is 7.54. The molecule has 0 radical (unpaired) electrons. The average molecular weight is 265 g/mol. The molecule has 92 valence electrons. The number of nitrogens with one attached hydrogen (secondary N) is 2. The quantitative estimate of drug-likeness (QED) is 0.543. The standard InChI is InChI=1S/C10H17ClN2O2S/c1-4-10(6-5-9(2)3)13-16(14,15)12-8-7-11/h4-6,12-13H,1,7-8H2,2-3H3/b10-6+. The van der Waals surface area contributed by atoms with Crippen molar-refractivity contribution in [2.75, 3.05) is 12.4 Å². The minimum absolute atomic E-state index is 0.184. The van der Waals surface area contributed by atoms with Crippen LogP contribution in [-0.4, -0.2) is 20.8 Å². The normalized spacial score (nSPS) is 12.1. The molecule has 0 rings (SSSR count). The molecule has 0 bridgehead atoms. The average Bonchev–Trinajstić information content (AvgIpc) is 2.21. The third-order valence-electron chi connectivity index (χ3n) is 1.45. The van der Waals surface area contributed by atoms with E-state index in [2.05, 4.69) is 16.0 Å². The van der Waals surface area contributed by atoms with Gasteiger partial charge in [-0.2, -0.15) is 13.1 Å². The maximum absolute atomic E-state index is 11.4. The zero-order chi connectivity index (χ0) is 12.6. The topological polar surface area (TPSA) is 58.2 Å². The summed E-state index contributed by atoms with van der Waals surface area (Å²) < 4.78 is 27.4. The fraction of sp³-hybridized carbons (Fsp3) is 0.400. The van der Waals surface area contributed by atoms with Crippen molar-refractivity contribution < 1.29 is 8.42 Å². The zero-order valence-corrected chi connectivity index (χ0v) is 11.0. The van der Waals surface area contributed by atoms with Gasteiger partial charge in [-0.15, -0.1) is 11.6 Å². The van der Waals surface area contributed by atoms with E-state index in [1.807, 2.05) is 13.8 Å². The van der Waals surface area contributed by atoms with Gasteiger partial charge < -0.3 is 0 Å². The molecule has 0 saturated carbocycles. The fourth-order valence-electron chi connectivity index (χ4n) is 0.764. The molecule has 0 saturated heterocycles. The second kappa shape index (κ2) is 7.49. The van der Waals surface area contributed by atoms with E-state index in [-0.39, 0.29) is 12.4 Å². The molecule has 0 aliphatic rings. The molecule has 0 aliphatic heterocycles. The summed E-state index contributed by atoms with van der Waals surface area (Å²) in [5.41, 5.74) is 1.47. The number of allylic oxidation sites excluding steroid dienone is 4. The van der Waals surface area contributed by atoms with Crippen LogP contribution in [0, 0.1) is 0 Å². The third-order valence-corrected chi connectivity index (χ3v) is 2.73. The number of halogens is 1. The lowest BCUT2D eigenvalue weighted by Crippen LogP contribution is -2.36. The van der Waals surface area contributed by atoms with Crippen LogP contribution in [-0.2, 0) is 10.2 Å². The Labute approximate surface area is 102 Å². The highest BCUT2D eigenvalue weighted by molar-refractivity contribution is 7.87. The molecule has 0 atom stereocenters. The van der Waals surface area contributed by atoms with Gasteiger partial charge in [-0.1, -0.05) is 18.2 Å². The summed E-state index contributed by atoms with van der Waals surface area (Å²) in [4.78, 5) is 0. The highest BCUT2D eigenvalue weighted by Gasteiger charge is 2.07. The van der Waals surface area contributed by atoms with E-state index < -0.39 is 10.2 Å². The Bertz CT molecular complexity index is 382. The summed E-state index contributed by atoms with van der Waals surface area (Å²) >= 11 is 5.38. The molecule has 0 spiro atoms. The van der Waals surface area contributed by atoms with E-state index in [0.29, 0.717) is 5.70 Å². The van der Waals surface area contributed by atoms with Crippen LogP contribution in [0.4, 0.5) is 0 Å². The van der Waals surface area contributed by atoms with E-state index in [0.717, 1.165) is 5.57 Å². The molecule has 16 heavy (non-hydrogen) atoms. The van der Waals surface area contributed by atoms with Crippen LogP contribution in [0.3, 0.4) is 0 Å². The summed E-state index contributed by atoms with van der Waals surface area (Å²) in [5.74, 6) is 0.224. The maximum Gasteiger partial charge on any atom is 0.299 e. The Morgan fingerprint density at radius 2 is 2.00 bits per heavy atom.